The minimum absolute atomic E-state index is 0.0830. The van der Waals surface area contributed by atoms with E-state index in [1.165, 1.54) is 10.9 Å². The van der Waals surface area contributed by atoms with E-state index in [1.807, 2.05) is 24.3 Å². The van der Waals surface area contributed by atoms with Crippen molar-refractivity contribution in [3.8, 4) is 5.75 Å². The highest BCUT2D eigenvalue weighted by Crippen LogP contribution is 2.34. The largest absolute Gasteiger partial charge is 0.493 e. The first-order valence-electron chi connectivity index (χ1n) is 8.48. The number of anilines is 1. The van der Waals surface area contributed by atoms with Crippen LogP contribution >= 0.6 is 0 Å². The maximum atomic E-state index is 12.6. The van der Waals surface area contributed by atoms with E-state index in [-0.39, 0.29) is 24.3 Å². The van der Waals surface area contributed by atoms with Crippen LogP contribution in [0.25, 0.3) is 0 Å². The molecule has 0 aliphatic carbocycles. The molecule has 1 aliphatic heterocycles. The van der Waals surface area contributed by atoms with Crippen LogP contribution in [0.3, 0.4) is 0 Å². The van der Waals surface area contributed by atoms with Gasteiger partial charge in [0.1, 0.15) is 12.3 Å². The number of hydrogen-bond donors (Lipinski definition) is 2. The molecule has 0 saturated heterocycles. The van der Waals surface area contributed by atoms with Crippen LogP contribution in [0.4, 0.5) is 5.69 Å². The van der Waals surface area contributed by atoms with Crippen LogP contribution in [-0.4, -0.2) is 48.5 Å². The number of hydrogen-bond acceptors (Lipinski definition) is 5. The van der Waals surface area contributed by atoms with E-state index in [9.17, 15) is 9.59 Å². The lowest BCUT2D eigenvalue weighted by atomic mass is 9.92. The molecule has 0 saturated carbocycles. The molecule has 0 radical (unpaired) electrons. The fourth-order valence-electron chi connectivity index (χ4n) is 2.85. The number of para-hydroxylation sites is 1. The SMILES string of the molecule is COCCNC(=O)Cn1cc(NC(=O)C2CCOc3ccccc32)cn1. The predicted molar refractivity (Wildman–Crippen MR) is 95.0 cm³/mol. The Morgan fingerprint density at radius 3 is 3.08 bits per heavy atom. The van der Waals surface area contributed by atoms with Crippen molar-refractivity contribution in [2.45, 2.75) is 18.9 Å². The second-order valence-corrected chi connectivity index (χ2v) is 5.99. The van der Waals surface area contributed by atoms with Gasteiger partial charge in [-0.25, -0.2) is 0 Å². The molecule has 1 aliphatic rings. The zero-order valence-corrected chi connectivity index (χ0v) is 14.6. The van der Waals surface area contributed by atoms with E-state index in [1.54, 1.807) is 13.3 Å². The highest BCUT2D eigenvalue weighted by Gasteiger charge is 2.27. The van der Waals surface area contributed by atoms with Gasteiger partial charge in [-0.1, -0.05) is 18.2 Å². The lowest BCUT2D eigenvalue weighted by Gasteiger charge is -2.24. The first kappa shape index (κ1) is 17.9. The number of carbonyl (C=O) groups excluding carboxylic acids is 2. The van der Waals surface area contributed by atoms with Crippen LogP contribution in [0.2, 0.25) is 0 Å². The van der Waals surface area contributed by atoms with Crippen molar-refractivity contribution < 1.29 is 19.1 Å². The third-order valence-corrected chi connectivity index (χ3v) is 4.11. The van der Waals surface area contributed by atoms with Gasteiger partial charge in [-0.2, -0.15) is 5.10 Å². The summed E-state index contributed by atoms with van der Waals surface area (Å²) < 4.78 is 12.0. The quantitative estimate of drug-likeness (QED) is 0.724. The Hall–Kier alpha value is -2.87. The van der Waals surface area contributed by atoms with Crippen LogP contribution in [0, 0.1) is 0 Å². The van der Waals surface area contributed by atoms with Gasteiger partial charge >= 0.3 is 0 Å². The molecular formula is C18H22N4O4. The van der Waals surface area contributed by atoms with Crippen molar-refractivity contribution in [3.05, 3.63) is 42.2 Å². The Balaban J connectivity index is 1.58. The molecule has 8 nitrogen and oxygen atoms in total. The summed E-state index contributed by atoms with van der Waals surface area (Å²) in [7, 11) is 1.57. The third kappa shape index (κ3) is 4.40. The van der Waals surface area contributed by atoms with Gasteiger partial charge in [0.05, 0.1) is 31.0 Å². The average molecular weight is 358 g/mol. The Labute approximate surface area is 151 Å². The molecule has 2 aromatic rings. The van der Waals surface area contributed by atoms with Gasteiger partial charge < -0.3 is 20.1 Å². The first-order valence-corrected chi connectivity index (χ1v) is 8.48. The molecular weight excluding hydrogens is 336 g/mol. The number of carbonyl (C=O) groups is 2. The number of benzene rings is 1. The van der Waals surface area contributed by atoms with E-state index in [4.69, 9.17) is 9.47 Å². The topological polar surface area (TPSA) is 94.5 Å². The number of fused-ring (bicyclic) bond motifs is 1. The Bertz CT molecular complexity index is 774. The number of ether oxygens (including phenoxy) is 2. The highest BCUT2D eigenvalue weighted by atomic mass is 16.5. The minimum Gasteiger partial charge on any atom is -0.493 e. The number of nitrogens with zero attached hydrogens (tertiary/aromatic N) is 2. The van der Waals surface area contributed by atoms with Crippen molar-refractivity contribution in [2.75, 3.05) is 32.2 Å². The van der Waals surface area contributed by atoms with E-state index in [0.29, 0.717) is 31.9 Å². The van der Waals surface area contributed by atoms with Crippen molar-refractivity contribution in [1.29, 1.82) is 0 Å². The van der Waals surface area contributed by atoms with E-state index in [2.05, 4.69) is 15.7 Å². The fourth-order valence-corrected chi connectivity index (χ4v) is 2.85. The normalized spacial score (nSPS) is 15.7. The maximum Gasteiger partial charge on any atom is 0.241 e. The standard InChI is InChI=1S/C18H22N4O4/c1-25-9-7-19-17(23)12-22-11-13(10-20-22)21-18(24)15-6-8-26-16-5-3-2-4-14(15)16/h2-5,10-11,15H,6-9,12H2,1H3,(H,19,23)(H,21,24). The first-order chi connectivity index (χ1) is 12.7. The van der Waals surface area contributed by atoms with Crippen molar-refractivity contribution in [2.24, 2.45) is 0 Å². The van der Waals surface area contributed by atoms with Gasteiger partial charge in [0.25, 0.3) is 0 Å². The summed E-state index contributed by atoms with van der Waals surface area (Å²) in [6, 6.07) is 7.57. The van der Waals surface area contributed by atoms with E-state index in [0.717, 1.165) is 11.3 Å². The van der Waals surface area contributed by atoms with Gasteiger partial charge in [-0.3, -0.25) is 14.3 Å². The van der Waals surface area contributed by atoms with Crippen LogP contribution < -0.4 is 15.4 Å². The van der Waals surface area contributed by atoms with Gasteiger partial charge in [0, 0.05) is 25.4 Å². The lowest BCUT2D eigenvalue weighted by Crippen LogP contribution is -2.30. The lowest BCUT2D eigenvalue weighted by molar-refractivity contribution is -0.122. The van der Waals surface area contributed by atoms with Crippen LogP contribution in [0.1, 0.15) is 17.9 Å². The molecule has 0 fully saturated rings. The molecule has 0 spiro atoms. The van der Waals surface area contributed by atoms with Crippen LogP contribution in [0.5, 0.6) is 5.75 Å². The Morgan fingerprint density at radius 1 is 1.38 bits per heavy atom. The smallest absolute Gasteiger partial charge is 0.241 e. The number of nitrogens with one attached hydrogen (secondary N) is 2. The number of rotatable bonds is 7. The molecule has 8 heteroatoms. The number of amides is 2. The van der Waals surface area contributed by atoms with Gasteiger partial charge in [-0.15, -0.1) is 0 Å². The Morgan fingerprint density at radius 2 is 2.23 bits per heavy atom. The van der Waals surface area contributed by atoms with Crippen molar-refractivity contribution in [3.63, 3.8) is 0 Å². The summed E-state index contributed by atoms with van der Waals surface area (Å²) in [6.07, 6.45) is 3.80. The average Bonchev–Trinajstić information content (AvgIpc) is 3.08. The molecule has 1 unspecified atom stereocenters. The van der Waals surface area contributed by atoms with Gasteiger partial charge in [0.15, 0.2) is 0 Å². The summed E-state index contributed by atoms with van der Waals surface area (Å²) in [5.41, 5.74) is 1.45. The Kier molecular flexibility index (Phi) is 5.85. The minimum atomic E-state index is -0.263. The monoisotopic (exact) mass is 358 g/mol. The summed E-state index contributed by atoms with van der Waals surface area (Å²) >= 11 is 0. The summed E-state index contributed by atoms with van der Waals surface area (Å²) in [4.78, 5) is 24.4. The molecule has 0 bridgehead atoms. The second-order valence-electron chi connectivity index (χ2n) is 5.99. The summed E-state index contributed by atoms with van der Waals surface area (Å²) in [5.74, 6) is 0.217. The maximum absolute atomic E-state index is 12.6. The fraction of sp³-hybridized carbons (Fsp3) is 0.389. The third-order valence-electron chi connectivity index (χ3n) is 4.11. The molecule has 2 heterocycles. The summed E-state index contributed by atoms with van der Waals surface area (Å²) in [6.45, 7) is 1.50. The van der Waals surface area contributed by atoms with Gasteiger partial charge in [-0.05, 0) is 12.5 Å². The zero-order chi connectivity index (χ0) is 18.4. The molecule has 1 aromatic heterocycles. The van der Waals surface area contributed by atoms with Gasteiger partial charge in [0.2, 0.25) is 11.8 Å². The molecule has 2 N–H and O–H groups in total. The molecule has 26 heavy (non-hydrogen) atoms. The molecule has 138 valence electrons. The van der Waals surface area contributed by atoms with Crippen LogP contribution in [0.15, 0.2) is 36.7 Å². The molecule has 2 amide bonds. The second kappa shape index (κ2) is 8.48. The molecule has 1 aromatic carbocycles. The van der Waals surface area contributed by atoms with E-state index < -0.39 is 0 Å². The molecule has 3 rings (SSSR count). The van der Waals surface area contributed by atoms with E-state index >= 15 is 0 Å². The highest BCUT2D eigenvalue weighted by molar-refractivity contribution is 5.96. The number of methoxy groups -OCH3 is 1. The molecule has 1 atom stereocenters. The number of aromatic nitrogens is 2. The van der Waals surface area contributed by atoms with Crippen LogP contribution in [-0.2, 0) is 20.9 Å². The summed E-state index contributed by atoms with van der Waals surface area (Å²) in [5, 5.41) is 9.70. The predicted octanol–water partition coefficient (Wildman–Crippen LogP) is 1.15. The van der Waals surface area contributed by atoms with Crippen molar-refractivity contribution in [1.82, 2.24) is 15.1 Å². The van der Waals surface area contributed by atoms with Crippen molar-refractivity contribution >= 4 is 17.5 Å². The zero-order valence-electron chi connectivity index (χ0n) is 14.6.